The number of nitrogens with one attached hydrogen (secondary N) is 1. The van der Waals surface area contributed by atoms with Crippen molar-refractivity contribution in [3.63, 3.8) is 0 Å². The molecular formula is C17H26NO+. The Morgan fingerprint density at radius 2 is 1.58 bits per heavy atom. The van der Waals surface area contributed by atoms with Crippen LogP contribution in [-0.4, -0.2) is 30.3 Å². The Labute approximate surface area is 116 Å². The summed E-state index contributed by atoms with van der Waals surface area (Å²) >= 11 is 0. The van der Waals surface area contributed by atoms with Crippen molar-refractivity contribution in [2.24, 2.45) is 0 Å². The number of aliphatic hydroxyl groups is 1. The molecule has 1 saturated heterocycles. The zero-order valence-corrected chi connectivity index (χ0v) is 11.7. The van der Waals surface area contributed by atoms with Crippen LogP contribution in [0.5, 0.6) is 0 Å². The van der Waals surface area contributed by atoms with Crippen LogP contribution in [0.3, 0.4) is 0 Å². The zero-order valence-electron chi connectivity index (χ0n) is 11.7. The molecule has 2 atom stereocenters. The Bertz CT molecular complexity index is 384. The zero-order chi connectivity index (χ0) is 13.1. The Morgan fingerprint density at radius 3 is 2.26 bits per heavy atom. The van der Waals surface area contributed by atoms with Gasteiger partial charge in [-0.2, -0.15) is 0 Å². The van der Waals surface area contributed by atoms with Crippen LogP contribution in [0.1, 0.15) is 50.0 Å². The fraction of sp³-hybridized carbons (Fsp3) is 0.647. The molecule has 1 aromatic carbocycles. The Hall–Kier alpha value is -0.860. The standard InChI is InChI=1S/C17H25NO/c19-17-9-5-4-8-16(17)18-12-10-15(11-13-18)14-6-2-1-3-7-14/h1-3,6-7,15-17,19H,4-5,8-13H2/p+1/t16-,17+/m1/s1. The molecule has 1 aliphatic carbocycles. The average Bonchev–Trinajstić information content (AvgIpc) is 2.49. The fourth-order valence-corrected chi connectivity index (χ4v) is 4.01. The first kappa shape index (κ1) is 13.1. The molecule has 2 nitrogen and oxygen atoms in total. The third-order valence-electron chi connectivity index (χ3n) is 5.15. The van der Waals surface area contributed by atoms with Crippen LogP contribution in [0, 0.1) is 0 Å². The van der Waals surface area contributed by atoms with E-state index in [2.05, 4.69) is 30.3 Å². The third kappa shape index (κ3) is 3.01. The van der Waals surface area contributed by atoms with E-state index in [1.165, 1.54) is 50.8 Å². The lowest BCUT2D eigenvalue weighted by atomic mass is 9.86. The van der Waals surface area contributed by atoms with Gasteiger partial charge in [-0.15, -0.1) is 0 Å². The molecule has 2 fully saturated rings. The molecule has 1 aliphatic heterocycles. The maximum absolute atomic E-state index is 10.2. The Kier molecular flexibility index (Phi) is 4.19. The van der Waals surface area contributed by atoms with E-state index >= 15 is 0 Å². The molecule has 2 aliphatic rings. The van der Waals surface area contributed by atoms with Crippen LogP contribution in [-0.2, 0) is 0 Å². The van der Waals surface area contributed by atoms with Gasteiger partial charge in [0.15, 0.2) is 0 Å². The van der Waals surface area contributed by atoms with Crippen molar-refractivity contribution >= 4 is 0 Å². The van der Waals surface area contributed by atoms with E-state index in [0.29, 0.717) is 6.04 Å². The van der Waals surface area contributed by atoms with Crippen LogP contribution < -0.4 is 4.90 Å². The summed E-state index contributed by atoms with van der Waals surface area (Å²) in [6, 6.07) is 11.5. The van der Waals surface area contributed by atoms with Gasteiger partial charge in [0.25, 0.3) is 0 Å². The number of rotatable bonds is 2. The van der Waals surface area contributed by atoms with Gasteiger partial charge in [0, 0.05) is 19.3 Å². The summed E-state index contributed by atoms with van der Waals surface area (Å²) in [5.74, 6) is 0.741. The summed E-state index contributed by atoms with van der Waals surface area (Å²) in [5.41, 5.74) is 1.51. The second kappa shape index (κ2) is 6.06. The van der Waals surface area contributed by atoms with Crippen LogP contribution in [0.15, 0.2) is 30.3 Å². The summed E-state index contributed by atoms with van der Waals surface area (Å²) in [5, 5.41) is 10.2. The number of benzene rings is 1. The molecule has 0 unspecified atom stereocenters. The van der Waals surface area contributed by atoms with E-state index in [1.54, 1.807) is 4.90 Å². The maximum atomic E-state index is 10.2. The van der Waals surface area contributed by atoms with E-state index in [9.17, 15) is 5.11 Å². The molecule has 0 aromatic heterocycles. The molecule has 0 radical (unpaired) electrons. The highest BCUT2D eigenvalue weighted by Crippen LogP contribution is 2.24. The minimum Gasteiger partial charge on any atom is -0.387 e. The minimum absolute atomic E-state index is 0.0444. The second-order valence-corrected chi connectivity index (χ2v) is 6.30. The minimum atomic E-state index is -0.0444. The van der Waals surface area contributed by atoms with E-state index in [-0.39, 0.29) is 6.10 Å². The van der Waals surface area contributed by atoms with Gasteiger partial charge in [-0.25, -0.2) is 0 Å². The number of hydrogen-bond acceptors (Lipinski definition) is 1. The number of likely N-dealkylation sites (tertiary alicyclic amines) is 1. The number of hydrogen-bond donors (Lipinski definition) is 2. The second-order valence-electron chi connectivity index (χ2n) is 6.30. The molecule has 104 valence electrons. The summed E-state index contributed by atoms with van der Waals surface area (Å²) in [6.07, 6.45) is 7.30. The van der Waals surface area contributed by atoms with E-state index in [0.717, 1.165) is 12.3 Å². The van der Waals surface area contributed by atoms with Crippen molar-refractivity contribution in [1.82, 2.24) is 0 Å². The lowest BCUT2D eigenvalue weighted by Crippen LogP contribution is -3.18. The molecule has 0 bridgehead atoms. The molecule has 19 heavy (non-hydrogen) atoms. The summed E-state index contributed by atoms with van der Waals surface area (Å²) in [4.78, 5) is 1.67. The number of piperidine rings is 1. The summed E-state index contributed by atoms with van der Waals surface area (Å²) in [6.45, 7) is 2.47. The Morgan fingerprint density at radius 1 is 0.895 bits per heavy atom. The largest absolute Gasteiger partial charge is 0.387 e. The van der Waals surface area contributed by atoms with Gasteiger partial charge in [-0.3, -0.25) is 0 Å². The van der Waals surface area contributed by atoms with E-state index < -0.39 is 0 Å². The molecule has 2 N–H and O–H groups in total. The molecule has 2 heteroatoms. The third-order valence-corrected chi connectivity index (χ3v) is 5.15. The lowest BCUT2D eigenvalue weighted by molar-refractivity contribution is -0.935. The molecular weight excluding hydrogens is 234 g/mol. The van der Waals surface area contributed by atoms with Gasteiger partial charge < -0.3 is 10.0 Å². The van der Waals surface area contributed by atoms with Crippen LogP contribution >= 0.6 is 0 Å². The van der Waals surface area contributed by atoms with Gasteiger partial charge in [-0.1, -0.05) is 36.8 Å². The first-order valence-electron chi connectivity index (χ1n) is 7.92. The predicted molar refractivity (Wildman–Crippen MR) is 77.4 cm³/mol. The Balaban J connectivity index is 1.57. The van der Waals surface area contributed by atoms with Gasteiger partial charge >= 0.3 is 0 Å². The van der Waals surface area contributed by atoms with Crippen molar-refractivity contribution in [1.29, 1.82) is 0 Å². The topological polar surface area (TPSA) is 24.7 Å². The van der Waals surface area contributed by atoms with Crippen LogP contribution in [0.2, 0.25) is 0 Å². The van der Waals surface area contributed by atoms with Gasteiger partial charge in [0.2, 0.25) is 0 Å². The van der Waals surface area contributed by atoms with E-state index in [1.807, 2.05) is 0 Å². The normalized spacial score (nSPS) is 36.1. The maximum Gasteiger partial charge on any atom is 0.114 e. The van der Waals surface area contributed by atoms with Gasteiger partial charge in [0.05, 0.1) is 13.1 Å². The highest BCUT2D eigenvalue weighted by Gasteiger charge is 2.34. The molecule has 3 rings (SSSR count). The summed E-state index contributed by atoms with van der Waals surface area (Å²) < 4.78 is 0. The van der Waals surface area contributed by atoms with Gasteiger partial charge in [0.1, 0.15) is 12.1 Å². The molecule has 0 spiro atoms. The molecule has 1 saturated carbocycles. The molecule has 0 amide bonds. The SMILES string of the molecule is O[C@H]1CCCC[C@H]1[NH+]1CCC(c2ccccc2)CC1. The molecule has 1 aromatic rings. The van der Waals surface area contributed by atoms with Crippen molar-refractivity contribution < 1.29 is 10.0 Å². The van der Waals surface area contributed by atoms with Crippen molar-refractivity contribution in [3.8, 4) is 0 Å². The number of aliphatic hydroxyl groups excluding tert-OH is 1. The first-order valence-corrected chi connectivity index (χ1v) is 7.92. The van der Waals surface area contributed by atoms with Crippen molar-refractivity contribution in [2.75, 3.05) is 13.1 Å². The fourth-order valence-electron chi connectivity index (χ4n) is 4.01. The quantitative estimate of drug-likeness (QED) is 0.832. The monoisotopic (exact) mass is 260 g/mol. The van der Waals surface area contributed by atoms with Gasteiger partial charge in [-0.05, 0) is 24.3 Å². The predicted octanol–water partition coefficient (Wildman–Crippen LogP) is 1.75. The van der Waals surface area contributed by atoms with Crippen molar-refractivity contribution in [2.45, 2.75) is 56.6 Å². The van der Waals surface area contributed by atoms with E-state index in [4.69, 9.17) is 0 Å². The van der Waals surface area contributed by atoms with Crippen molar-refractivity contribution in [3.05, 3.63) is 35.9 Å². The average molecular weight is 260 g/mol. The highest BCUT2D eigenvalue weighted by atomic mass is 16.3. The smallest absolute Gasteiger partial charge is 0.114 e. The highest BCUT2D eigenvalue weighted by molar-refractivity contribution is 5.19. The van der Waals surface area contributed by atoms with Crippen LogP contribution in [0.4, 0.5) is 0 Å². The van der Waals surface area contributed by atoms with Crippen LogP contribution in [0.25, 0.3) is 0 Å². The first-order chi connectivity index (χ1) is 9.34. The number of quaternary nitrogens is 1. The summed E-state index contributed by atoms with van der Waals surface area (Å²) in [7, 11) is 0. The lowest BCUT2D eigenvalue weighted by Gasteiger charge is -2.38. The molecule has 1 heterocycles.